The summed E-state index contributed by atoms with van der Waals surface area (Å²) in [6.07, 6.45) is 2.08. The van der Waals surface area contributed by atoms with Crippen LogP contribution in [0, 0.1) is 0 Å². The van der Waals surface area contributed by atoms with Crippen LogP contribution in [0.4, 0.5) is 0 Å². The average molecular weight is 232 g/mol. The van der Waals surface area contributed by atoms with Crippen molar-refractivity contribution in [3.8, 4) is 0 Å². The zero-order chi connectivity index (χ0) is 9.97. The molecule has 1 unspecified atom stereocenters. The number of hydrogen-bond acceptors (Lipinski definition) is 3. The molecule has 1 N–H and O–H groups in total. The number of fused-ring (bicyclic) bond motifs is 1. The average Bonchev–Trinajstić information content (AvgIpc) is 2.55. The first-order chi connectivity index (χ1) is 6.81. The molecule has 1 atom stereocenters. The summed E-state index contributed by atoms with van der Waals surface area (Å²) in [4.78, 5) is 0. The number of aromatic nitrogens is 2. The van der Waals surface area contributed by atoms with Crippen molar-refractivity contribution in [1.82, 2.24) is 15.1 Å². The molecule has 0 amide bonds. The highest BCUT2D eigenvalue weighted by Crippen LogP contribution is 2.22. The molecule has 0 saturated heterocycles. The minimum absolute atomic E-state index is 0. The van der Waals surface area contributed by atoms with Crippen molar-refractivity contribution in [3.63, 3.8) is 0 Å². The van der Waals surface area contributed by atoms with Crippen LogP contribution in [0.5, 0.6) is 0 Å². The van der Waals surface area contributed by atoms with Crippen molar-refractivity contribution in [2.24, 2.45) is 7.05 Å². The Hall–Kier alpha value is -0.580. The van der Waals surface area contributed by atoms with Crippen LogP contribution in [0.25, 0.3) is 0 Å². The molecule has 0 aliphatic carbocycles. The van der Waals surface area contributed by atoms with Crippen LogP contribution in [0.1, 0.15) is 24.1 Å². The van der Waals surface area contributed by atoms with Crippen LogP contribution in [0.3, 0.4) is 0 Å². The van der Waals surface area contributed by atoms with Crippen molar-refractivity contribution in [2.75, 3.05) is 19.8 Å². The molecular formula is C10H18ClN3O. The monoisotopic (exact) mass is 231 g/mol. The molecule has 1 aromatic rings. The van der Waals surface area contributed by atoms with E-state index in [0.29, 0.717) is 5.92 Å². The molecule has 0 saturated carbocycles. The van der Waals surface area contributed by atoms with Gasteiger partial charge in [0.2, 0.25) is 0 Å². The van der Waals surface area contributed by atoms with E-state index < -0.39 is 0 Å². The number of nitrogens with one attached hydrogen (secondary N) is 1. The molecule has 0 fully saturated rings. The molecule has 0 aromatic carbocycles. The molecule has 5 heteroatoms. The van der Waals surface area contributed by atoms with Crippen LogP contribution in [0.2, 0.25) is 0 Å². The Balaban J connectivity index is 0.00000112. The molecule has 1 aliphatic rings. The normalized spacial score (nSPS) is 19.5. The summed E-state index contributed by atoms with van der Waals surface area (Å²) in [6, 6.07) is 0. The highest BCUT2D eigenvalue weighted by Gasteiger charge is 2.22. The van der Waals surface area contributed by atoms with Crippen LogP contribution >= 0.6 is 12.4 Å². The summed E-state index contributed by atoms with van der Waals surface area (Å²) in [6.45, 7) is 5.48. The Morgan fingerprint density at radius 2 is 2.47 bits per heavy atom. The van der Waals surface area contributed by atoms with Crippen LogP contribution in [0.15, 0.2) is 6.20 Å². The summed E-state index contributed by atoms with van der Waals surface area (Å²) in [7, 11) is 1.97. The minimum Gasteiger partial charge on any atom is -0.381 e. The fraction of sp³-hybridized carbons (Fsp3) is 0.700. The Morgan fingerprint density at radius 1 is 1.67 bits per heavy atom. The van der Waals surface area contributed by atoms with E-state index in [0.717, 1.165) is 26.3 Å². The van der Waals surface area contributed by atoms with Crippen molar-refractivity contribution in [2.45, 2.75) is 19.4 Å². The molecule has 0 spiro atoms. The van der Waals surface area contributed by atoms with Gasteiger partial charge in [-0.15, -0.1) is 12.4 Å². The van der Waals surface area contributed by atoms with Gasteiger partial charge in [0.1, 0.15) is 0 Å². The Morgan fingerprint density at radius 3 is 3.20 bits per heavy atom. The topological polar surface area (TPSA) is 39.1 Å². The second-order valence-electron chi connectivity index (χ2n) is 3.70. The minimum atomic E-state index is 0. The number of halogens is 1. The number of rotatable bonds is 3. The van der Waals surface area contributed by atoms with E-state index in [1.807, 2.05) is 18.7 Å². The fourth-order valence-corrected chi connectivity index (χ4v) is 1.91. The second kappa shape index (κ2) is 5.49. The summed E-state index contributed by atoms with van der Waals surface area (Å²) >= 11 is 0. The van der Waals surface area contributed by atoms with E-state index in [2.05, 4.69) is 16.6 Å². The van der Waals surface area contributed by atoms with Gasteiger partial charge >= 0.3 is 0 Å². The SMILES string of the molecule is CCOCC1CNCc2cn(C)nc21.Cl. The molecular weight excluding hydrogens is 214 g/mol. The smallest absolute Gasteiger partial charge is 0.0736 e. The van der Waals surface area contributed by atoms with E-state index in [1.165, 1.54) is 11.3 Å². The first kappa shape index (κ1) is 12.5. The predicted molar refractivity (Wildman–Crippen MR) is 61.4 cm³/mol. The number of hydrogen-bond donors (Lipinski definition) is 1. The Kier molecular flexibility index (Phi) is 4.57. The third-order valence-corrected chi connectivity index (χ3v) is 2.55. The third kappa shape index (κ3) is 2.71. The van der Waals surface area contributed by atoms with E-state index >= 15 is 0 Å². The number of aryl methyl sites for hydroxylation is 1. The molecule has 0 radical (unpaired) electrons. The van der Waals surface area contributed by atoms with E-state index in [4.69, 9.17) is 4.74 Å². The summed E-state index contributed by atoms with van der Waals surface area (Å²) in [5, 5.41) is 7.86. The van der Waals surface area contributed by atoms with Gasteiger partial charge in [-0.05, 0) is 6.92 Å². The van der Waals surface area contributed by atoms with E-state index in [9.17, 15) is 0 Å². The van der Waals surface area contributed by atoms with E-state index in [1.54, 1.807) is 0 Å². The lowest BCUT2D eigenvalue weighted by atomic mass is 9.99. The molecule has 15 heavy (non-hydrogen) atoms. The summed E-state index contributed by atoms with van der Waals surface area (Å²) in [5.41, 5.74) is 2.52. The zero-order valence-corrected chi connectivity index (χ0v) is 10.0. The van der Waals surface area contributed by atoms with Gasteiger partial charge in [-0.25, -0.2) is 0 Å². The highest BCUT2D eigenvalue weighted by molar-refractivity contribution is 5.85. The lowest BCUT2D eigenvalue weighted by Gasteiger charge is -2.21. The lowest BCUT2D eigenvalue weighted by molar-refractivity contribution is 0.128. The maximum absolute atomic E-state index is 5.45. The van der Waals surface area contributed by atoms with Gasteiger partial charge in [0.25, 0.3) is 0 Å². The van der Waals surface area contributed by atoms with Gasteiger partial charge in [-0.3, -0.25) is 4.68 Å². The lowest BCUT2D eigenvalue weighted by Crippen LogP contribution is -2.30. The third-order valence-electron chi connectivity index (χ3n) is 2.55. The van der Waals surface area contributed by atoms with Crippen LogP contribution < -0.4 is 5.32 Å². The molecule has 2 rings (SSSR count). The summed E-state index contributed by atoms with van der Waals surface area (Å²) < 4.78 is 7.34. The van der Waals surface area contributed by atoms with Crippen molar-refractivity contribution >= 4 is 12.4 Å². The molecule has 86 valence electrons. The standard InChI is InChI=1S/C10H17N3O.ClH/c1-3-14-7-9-5-11-4-8-6-13(2)12-10(8)9;/h6,9,11H,3-5,7H2,1-2H3;1H. The summed E-state index contributed by atoms with van der Waals surface area (Å²) in [5.74, 6) is 0.417. The molecule has 2 heterocycles. The van der Waals surface area contributed by atoms with Gasteiger partial charge in [0.15, 0.2) is 0 Å². The number of nitrogens with zero attached hydrogens (tertiary/aromatic N) is 2. The maximum atomic E-state index is 5.45. The van der Waals surface area contributed by atoms with Crippen LogP contribution in [-0.2, 0) is 18.3 Å². The molecule has 0 bridgehead atoms. The van der Waals surface area contributed by atoms with E-state index in [-0.39, 0.29) is 12.4 Å². The first-order valence-corrected chi connectivity index (χ1v) is 5.12. The zero-order valence-electron chi connectivity index (χ0n) is 9.19. The van der Waals surface area contributed by atoms with Crippen LogP contribution in [-0.4, -0.2) is 29.5 Å². The van der Waals surface area contributed by atoms with Gasteiger partial charge in [-0.1, -0.05) is 0 Å². The quantitative estimate of drug-likeness (QED) is 0.846. The molecule has 4 nitrogen and oxygen atoms in total. The first-order valence-electron chi connectivity index (χ1n) is 5.12. The van der Waals surface area contributed by atoms with Crippen molar-refractivity contribution in [3.05, 3.63) is 17.5 Å². The maximum Gasteiger partial charge on any atom is 0.0736 e. The number of ether oxygens (including phenoxy) is 1. The van der Waals surface area contributed by atoms with Gasteiger partial charge in [0, 0.05) is 44.4 Å². The fourth-order valence-electron chi connectivity index (χ4n) is 1.91. The molecule has 1 aromatic heterocycles. The van der Waals surface area contributed by atoms with Crippen molar-refractivity contribution in [1.29, 1.82) is 0 Å². The van der Waals surface area contributed by atoms with Gasteiger partial charge in [-0.2, -0.15) is 5.10 Å². The predicted octanol–water partition coefficient (Wildman–Crippen LogP) is 1.07. The molecule has 1 aliphatic heterocycles. The van der Waals surface area contributed by atoms with Gasteiger partial charge < -0.3 is 10.1 Å². The Bertz CT molecular complexity index is 314. The Labute approximate surface area is 96.4 Å². The second-order valence-corrected chi connectivity index (χ2v) is 3.70. The largest absolute Gasteiger partial charge is 0.381 e. The van der Waals surface area contributed by atoms with Crippen molar-refractivity contribution < 1.29 is 4.74 Å². The van der Waals surface area contributed by atoms with Gasteiger partial charge in [0.05, 0.1) is 12.3 Å². The highest BCUT2D eigenvalue weighted by atomic mass is 35.5.